The maximum Gasteiger partial charge on any atom is 0.118 e. The third-order valence-electron chi connectivity index (χ3n) is 5.45. The fraction of sp³-hybridized carbons (Fsp3) is 0.0769. The molecule has 3 heteroatoms. The Kier molecular flexibility index (Phi) is 4.21. The van der Waals surface area contributed by atoms with Crippen molar-refractivity contribution in [2.75, 3.05) is 14.2 Å². The summed E-state index contributed by atoms with van der Waals surface area (Å²) in [5.74, 6) is 1.73. The molecule has 5 rings (SSSR count). The van der Waals surface area contributed by atoms with Crippen LogP contribution in [-0.4, -0.2) is 19.2 Å². The minimum atomic E-state index is 0.867. The summed E-state index contributed by atoms with van der Waals surface area (Å²) in [6, 6.07) is 29.5. The van der Waals surface area contributed by atoms with Crippen LogP contribution in [0, 0.1) is 0 Å². The van der Waals surface area contributed by atoms with Crippen molar-refractivity contribution in [2.24, 2.45) is 0 Å². The third-order valence-corrected chi connectivity index (χ3v) is 5.45. The summed E-state index contributed by atoms with van der Waals surface area (Å²) >= 11 is 0. The van der Waals surface area contributed by atoms with Gasteiger partial charge in [0.2, 0.25) is 0 Å². The Balaban J connectivity index is 1.62. The summed E-state index contributed by atoms with van der Waals surface area (Å²) in [5.41, 5.74) is 7.02. The van der Waals surface area contributed by atoms with Crippen molar-refractivity contribution in [3.63, 3.8) is 0 Å². The van der Waals surface area contributed by atoms with Gasteiger partial charge in [-0.3, -0.25) is 0 Å². The van der Waals surface area contributed by atoms with Gasteiger partial charge in [-0.15, -0.1) is 0 Å². The molecular formula is C26H21NO2. The first kappa shape index (κ1) is 17.4. The van der Waals surface area contributed by atoms with Crippen molar-refractivity contribution in [1.82, 2.24) is 4.98 Å². The normalized spacial score (nSPS) is 11.1. The fourth-order valence-electron chi connectivity index (χ4n) is 3.82. The third kappa shape index (κ3) is 3.11. The molecule has 0 amide bonds. The maximum atomic E-state index is 5.28. The Morgan fingerprint density at radius 1 is 0.483 bits per heavy atom. The Morgan fingerprint density at radius 3 is 1.24 bits per heavy atom. The molecule has 0 unspecified atom stereocenters. The number of hydrogen-bond acceptors (Lipinski definition) is 2. The van der Waals surface area contributed by atoms with E-state index in [9.17, 15) is 0 Å². The zero-order valence-corrected chi connectivity index (χ0v) is 16.4. The monoisotopic (exact) mass is 379 g/mol. The number of aromatic nitrogens is 1. The van der Waals surface area contributed by atoms with E-state index >= 15 is 0 Å². The van der Waals surface area contributed by atoms with Crippen molar-refractivity contribution in [2.45, 2.75) is 0 Å². The number of ether oxygens (including phenoxy) is 2. The van der Waals surface area contributed by atoms with Crippen LogP contribution >= 0.6 is 0 Å². The largest absolute Gasteiger partial charge is 0.497 e. The summed E-state index contributed by atoms with van der Waals surface area (Å²) in [4.78, 5) is 3.53. The summed E-state index contributed by atoms with van der Waals surface area (Å²) in [7, 11) is 3.38. The molecule has 1 heterocycles. The predicted octanol–water partition coefficient (Wildman–Crippen LogP) is 6.67. The highest BCUT2D eigenvalue weighted by molar-refractivity contribution is 6.09. The van der Waals surface area contributed by atoms with E-state index in [2.05, 4.69) is 65.6 Å². The second kappa shape index (κ2) is 7.02. The van der Waals surface area contributed by atoms with Crippen LogP contribution in [0.3, 0.4) is 0 Å². The van der Waals surface area contributed by atoms with E-state index in [0.717, 1.165) is 22.5 Å². The molecule has 5 aromatic rings. The topological polar surface area (TPSA) is 34.2 Å². The molecule has 0 aliphatic heterocycles. The van der Waals surface area contributed by atoms with Crippen molar-refractivity contribution in [3.8, 4) is 33.8 Å². The van der Waals surface area contributed by atoms with Crippen molar-refractivity contribution in [1.29, 1.82) is 0 Å². The van der Waals surface area contributed by atoms with E-state index < -0.39 is 0 Å². The standard InChI is InChI=1S/C26H21NO2/c1-28-21-9-3-17(4-10-21)19-7-13-25-23(15-19)24-16-20(8-14-26(24)27-25)18-5-11-22(29-2)12-6-18/h3-16,27H,1-2H3. The van der Waals surface area contributed by atoms with Gasteiger partial charge < -0.3 is 14.5 Å². The minimum absolute atomic E-state index is 0.867. The van der Waals surface area contributed by atoms with Gasteiger partial charge in [0.15, 0.2) is 0 Å². The molecule has 0 radical (unpaired) electrons. The van der Waals surface area contributed by atoms with E-state index in [0.29, 0.717) is 0 Å². The van der Waals surface area contributed by atoms with Crippen LogP contribution in [-0.2, 0) is 0 Å². The SMILES string of the molecule is COc1ccc(-c2ccc3[nH]c4ccc(-c5ccc(OC)cc5)cc4c3c2)cc1. The average molecular weight is 379 g/mol. The summed E-state index contributed by atoms with van der Waals surface area (Å²) in [6.45, 7) is 0. The van der Waals surface area contributed by atoms with Gasteiger partial charge in [0, 0.05) is 21.8 Å². The van der Waals surface area contributed by atoms with Crippen LogP contribution in [0.5, 0.6) is 11.5 Å². The average Bonchev–Trinajstić information content (AvgIpc) is 3.16. The zero-order valence-electron chi connectivity index (χ0n) is 16.4. The number of hydrogen-bond donors (Lipinski definition) is 1. The van der Waals surface area contributed by atoms with Gasteiger partial charge in [-0.1, -0.05) is 36.4 Å². The van der Waals surface area contributed by atoms with Gasteiger partial charge in [-0.05, 0) is 70.8 Å². The number of aromatic amines is 1. The number of benzene rings is 4. The van der Waals surface area contributed by atoms with Crippen LogP contribution in [0.15, 0.2) is 84.9 Å². The first-order valence-corrected chi connectivity index (χ1v) is 9.59. The van der Waals surface area contributed by atoms with E-state index in [1.165, 1.54) is 33.0 Å². The summed E-state index contributed by atoms with van der Waals surface area (Å²) < 4.78 is 10.6. The molecule has 3 nitrogen and oxygen atoms in total. The van der Waals surface area contributed by atoms with Crippen molar-refractivity contribution in [3.05, 3.63) is 84.9 Å². The van der Waals surface area contributed by atoms with Crippen LogP contribution in [0.2, 0.25) is 0 Å². The molecule has 0 aliphatic rings. The molecule has 1 aromatic heterocycles. The molecular weight excluding hydrogens is 358 g/mol. The molecule has 0 saturated heterocycles. The molecule has 0 spiro atoms. The predicted molar refractivity (Wildman–Crippen MR) is 120 cm³/mol. The van der Waals surface area contributed by atoms with E-state index in [-0.39, 0.29) is 0 Å². The van der Waals surface area contributed by atoms with Crippen LogP contribution < -0.4 is 9.47 Å². The van der Waals surface area contributed by atoms with Gasteiger partial charge >= 0.3 is 0 Å². The van der Waals surface area contributed by atoms with Gasteiger partial charge in [0.1, 0.15) is 11.5 Å². The summed E-state index contributed by atoms with van der Waals surface area (Å²) in [5, 5.41) is 2.45. The number of nitrogens with one attached hydrogen (secondary N) is 1. The van der Waals surface area contributed by atoms with Crippen LogP contribution in [0.25, 0.3) is 44.1 Å². The number of methoxy groups -OCH3 is 2. The molecule has 4 aromatic carbocycles. The van der Waals surface area contributed by atoms with Crippen molar-refractivity contribution < 1.29 is 9.47 Å². The molecule has 0 fully saturated rings. The lowest BCUT2D eigenvalue weighted by Gasteiger charge is -2.05. The van der Waals surface area contributed by atoms with Crippen LogP contribution in [0.1, 0.15) is 0 Å². The quantitative estimate of drug-likeness (QED) is 0.378. The minimum Gasteiger partial charge on any atom is -0.497 e. The second-order valence-electron chi connectivity index (χ2n) is 7.10. The molecule has 142 valence electrons. The van der Waals surface area contributed by atoms with Crippen LogP contribution in [0.4, 0.5) is 0 Å². The smallest absolute Gasteiger partial charge is 0.118 e. The first-order valence-electron chi connectivity index (χ1n) is 9.59. The lowest BCUT2D eigenvalue weighted by Crippen LogP contribution is -1.83. The fourth-order valence-corrected chi connectivity index (χ4v) is 3.82. The lowest BCUT2D eigenvalue weighted by molar-refractivity contribution is 0.415. The van der Waals surface area contributed by atoms with E-state index in [4.69, 9.17) is 9.47 Å². The number of rotatable bonds is 4. The highest BCUT2D eigenvalue weighted by atomic mass is 16.5. The molecule has 0 atom stereocenters. The van der Waals surface area contributed by atoms with Crippen molar-refractivity contribution >= 4 is 21.8 Å². The van der Waals surface area contributed by atoms with Gasteiger partial charge in [0.25, 0.3) is 0 Å². The molecule has 0 bridgehead atoms. The Hall–Kier alpha value is -3.72. The Bertz CT molecular complexity index is 1200. The van der Waals surface area contributed by atoms with Gasteiger partial charge in [-0.25, -0.2) is 0 Å². The molecule has 0 aliphatic carbocycles. The van der Waals surface area contributed by atoms with E-state index in [1.807, 2.05) is 24.3 Å². The number of H-pyrrole nitrogens is 1. The Morgan fingerprint density at radius 2 is 0.862 bits per heavy atom. The first-order chi connectivity index (χ1) is 14.2. The molecule has 29 heavy (non-hydrogen) atoms. The summed E-state index contributed by atoms with van der Waals surface area (Å²) in [6.07, 6.45) is 0. The van der Waals surface area contributed by atoms with E-state index in [1.54, 1.807) is 14.2 Å². The Labute approximate surface area is 169 Å². The molecule has 1 N–H and O–H groups in total. The zero-order chi connectivity index (χ0) is 19.8. The van der Waals surface area contributed by atoms with Gasteiger partial charge in [0.05, 0.1) is 14.2 Å². The maximum absolute atomic E-state index is 5.28. The molecule has 0 saturated carbocycles. The highest BCUT2D eigenvalue weighted by Crippen LogP contribution is 2.33. The lowest BCUT2D eigenvalue weighted by atomic mass is 10.00. The second-order valence-corrected chi connectivity index (χ2v) is 7.10. The number of fused-ring (bicyclic) bond motifs is 3. The highest BCUT2D eigenvalue weighted by Gasteiger charge is 2.08. The van der Waals surface area contributed by atoms with Gasteiger partial charge in [-0.2, -0.15) is 0 Å².